The predicted molar refractivity (Wildman–Crippen MR) is 105 cm³/mol. The Balaban J connectivity index is 1.37. The van der Waals surface area contributed by atoms with E-state index >= 15 is 0 Å². The summed E-state index contributed by atoms with van der Waals surface area (Å²) in [7, 11) is 0. The minimum atomic E-state index is 0.276. The third kappa shape index (κ3) is 4.19. The van der Waals surface area contributed by atoms with Gasteiger partial charge in [0, 0.05) is 31.9 Å². The van der Waals surface area contributed by atoms with Crippen LogP contribution in [0.15, 0.2) is 42.7 Å². The molecule has 1 amide bonds. The van der Waals surface area contributed by atoms with Crippen molar-refractivity contribution in [3.05, 3.63) is 59.7 Å². The van der Waals surface area contributed by atoms with Gasteiger partial charge in [0.15, 0.2) is 0 Å². The molecule has 0 N–H and O–H groups in total. The minimum Gasteiger partial charge on any atom is -0.336 e. The van der Waals surface area contributed by atoms with E-state index in [0.717, 1.165) is 51.1 Å². The number of carbonyl (C=O) groups is 1. The zero-order valence-electron chi connectivity index (χ0n) is 16.1. The molecule has 2 aliphatic rings. The normalized spacial score (nSPS) is 20.2. The Hall–Kier alpha value is -2.27. The zero-order valence-corrected chi connectivity index (χ0v) is 16.1. The van der Waals surface area contributed by atoms with E-state index in [0.29, 0.717) is 13.0 Å². The molecule has 2 saturated heterocycles. The first-order valence-corrected chi connectivity index (χ1v) is 9.94. The SMILES string of the molecule is Cc1cccnc1CN1CCC2(CCC(=O)N(Cc3ccccn3)C2)CC1. The van der Waals surface area contributed by atoms with Crippen molar-refractivity contribution in [1.82, 2.24) is 19.8 Å². The molecule has 2 aromatic rings. The largest absolute Gasteiger partial charge is 0.336 e. The lowest BCUT2D eigenvalue weighted by Crippen LogP contribution is -2.51. The summed E-state index contributed by atoms with van der Waals surface area (Å²) in [6, 6.07) is 10.0. The average Bonchev–Trinajstić information content (AvgIpc) is 2.69. The van der Waals surface area contributed by atoms with Crippen molar-refractivity contribution in [1.29, 1.82) is 0 Å². The molecule has 0 aromatic carbocycles. The molecule has 5 heteroatoms. The second kappa shape index (κ2) is 7.77. The Morgan fingerprint density at radius 3 is 2.56 bits per heavy atom. The monoisotopic (exact) mass is 364 g/mol. The molecule has 0 atom stereocenters. The Morgan fingerprint density at radius 1 is 1.00 bits per heavy atom. The first kappa shape index (κ1) is 18.1. The summed E-state index contributed by atoms with van der Waals surface area (Å²) in [4.78, 5) is 25.9. The Labute approximate surface area is 161 Å². The van der Waals surface area contributed by atoms with Crippen molar-refractivity contribution >= 4 is 5.91 Å². The number of likely N-dealkylation sites (tertiary alicyclic amines) is 2. The summed E-state index contributed by atoms with van der Waals surface area (Å²) in [6.45, 7) is 6.75. The number of hydrogen-bond donors (Lipinski definition) is 0. The molecule has 2 aliphatic heterocycles. The lowest BCUT2D eigenvalue weighted by atomic mass is 9.72. The van der Waals surface area contributed by atoms with Crippen molar-refractivity contribution in [2.45, 2.75) is 45.7 Å². The molecule has 1 spiro atoms. The summed E-state index contributed by atoms with van der Waals surface area (Å²) in [5.41, 5.74) is 3.70. The highest BCUT2D eigenvalue weighted by atomic mass is 16.2. The summed E-state index contributed by atoms with van der Waals surface area (Å²) >= 11 is 0. The van der Waals surface area contributed by atoms with Crippen LogP contribution in [0.4, 0.5) is 0 Å². The van der Waals surface area contributed by atoms with Crippen molar-refractivity contribution in [2.75, 3.05) is 19.6 Å². The fourth-order valence-corrected chi connectivity index (χ4v) is 4.42. The Bertz CT molecular complexity index is 784. The maximum absolute atomic E-state index is 12.4. The summed E-state index contributed by atoms with van der Waals surface area (Å²) in [6.07, 6.45) is 7.70. The van der Waals surface area contributed by atoms with Crippen molar-refractivity contribution in [3.8, 4) is 0 Å². The van der Waals surface area contributed by atoms with Crippen LogP contribution in [-0.2, 0) is 17.9 Å². The molecule has 2 fully saturated rings. The number of hydrogen-bond acceptors (Lipinski definition) is 4. The van der Waals surface area contributed by atoms with Crippen LogP contribution in [0.1, 0.15) is 42.6 Å². The second-order valence-corrected chi connectivity index (χ2v) is 8.11. The predicted octanol–water partition coefficient (Wildman–Crippen LogP) is 3.19. The van der Waals surface area contributed by atoms with Gasteiger partial charge in [0.1, 0.15) is 0 Å². The molecule has 0 aliphatic carbocycles. The Morgan fingerprint density at radius 2 is 1.81 bits per heavy atom. The highest BCUT2D eigenvalue weighted by Gasteiger charge is 2.41. The minimum absolute atomic E-state index is 0.276. The highest BCUT2D eigenvalue weighted by Crippen LogP contribution is 2.40. The van der Waals surface area contributed by atoms with E-state index in [4.69, 9.17) is 0 Å². The van der Waals surface area contributed by atoms with Gasteiger partial charge >= 0.3 is 0 Å². The van der Waals surface area contributed by atoms with E-state index in [1.54, 1.807) is 6.20 Å². The molecule has 0 radical (unpaired) electrons. The summed E-state index contributed by atoms with van der Waals surface area (Å²) in [5.74, 6) is 0.276. The fourth-order valence-electron chi connectivity index (χ4n) is 4.42. The van der Waals surface area contributed by atoms with Gasteiger partial charge in [-0.15, -0.1) is 0 Å². The van der Waals surface area contributed by atoms with Crippen molar-refractivity contribution < 1.29 is 4.79 Å². The van der Waals surface area contributed by atoms with E-state index in [-0.39, 0.29) is 11.3 Å². The van der Waals surface area contributed by atoms with Gasteiger partial charge in [-0.3, -0.25) is 19.7 Å². The number of piperidine rings is 2. The summed E-state index contributed by atoms with van der Waals surface area (Å²) < 4.78 is 0. The van der Waals surface area contributed by atoms with Gasteiger partial charge < -0.3 is 4.90 Å². The van der Waals surface area contributed by atoms with Crippen molar-refractivity contribution in [2.24, 2.45) is 5.41 Å². The number of aryl methyl sites for hydroxylation is 1. The number of carbonyl (C=O) groups excluding carboxylic acids is 1. The van der Waals surface area contributed by atoms with Crippen LogP contribution in [0.2, 0.25) is 0 Å². The molecule has 0 unspecified atom stereocenters. The van der Waals surface area contributed by atoms with Gasteiger partial charge in [0.05, 0.1) is 17.9 Å². The standard InChI is InChI=1S/C22H28N4O/c1-18-5-4-12-24-20(18)16-25-13-9-22(10-14-25)8-7-21(27)26(17-22)15-19-6-2-3-11-23-19/h2-6,11-12H,7-10,13-17H2,1H3. The van der Waals surface area contributed by atoms with Gasteiger partial charge in [-0.1, -0.05) is 12.1 Å². The van der Waals surface area contributed by atoms with Gasteiger partial charge in [-0.25, -0.2) is 0 Å². The van der Waals surface area contributed by atoms with Gasteiger partial charge in [-0.2, -0.15) is 0 Å². The average molecular weight is 364 g/mol. The van der Waals surface area contributed by atoms with Crippen LogP contribution in [0.5, 0.6) is 0 Å². The zero-order chi connectivity index (χ0) is 18.7. The molecular formula is C22H28N4O. The number of amides is 1. The van der Waals surface area contributed by atoms with E-state index in [2.05, 4.69) is 27.9 Å². The third-order valence-electron chi connectivity index (χ3n) is 6.24. The first-order chi connectivity index (χ1) is 13.1. The highest BCUT2D eigenvalue weighted by molar-refractivity contribution is 5.77. The van der Waals surface area contributed by atoms with Gasteiger partial charge in [0.2, 0.25) is 5.91 Å². The molecule has 4 rings (SSSR count). The number of aromatic nitrogens is 2. The maximum atomic E-state index is 12.4. The molecule has 4 heterocycles. The Kier molecular flexibility index (Phi) is 5.21. The summed E-state index contributed by atoms with van der Waals surface area (Å²) in [5, 5.41) is 0. The van der Waals surface area contributed by atoms with Gasteiger partial charge in [-0.05, 0) is 68.5 Å². The molecule has 142 valence electrons. The second-order valence-electron chi connectivity index (χ2n) is 8.11. The molecule has 0 saturated carbocycles. The first-order valence-electron chi connectivity index (χ1n) is 9.94. The third-order valence-corrected chi connectivity index (χ3v) is 6.24. The van der Waals surface area contributed by atoms with Crippen LogP contribution < -0.4 is 0 Å². The molecule has 27 heavy (non-hydrogen) atoms. The smallest absolute Gasteiger partial charge is 0.222 e. The molecular weight excluding hydrogens is 336 g/mol. The van der Waals surface area contributed by atoms with Crippen molar-refractivity contribution in [3.63, 3.8) is 0 Å². The topological polar surface area (TPSA) is 49.3 Å². The fraction of sp³-hybridized carbons (Fsp3) is 0.500. The van der Waals surface area contributed by atoms with E-state index in [1.807, 2.05) is 35.4 Å². The lowest BCUT2D eigenvalue weighted by Gasteiger charge is -2.47. The van der Waals surface area contributed by atoms with E-state index < -0.39 is 0 Å². The lowest BCUT2D eigenvalue weighted by molar-refractivity contribution is -0.140. The molecule has 2 aromatic heterocycles. The number of nitrogens with zero attached hydrogens (tertiary/aromatic N) is 4. The van der Waals surface area contributed by atoms with Crippen LogP contribution in [-0.4, -0.2) is 45.3 Å². The number of pyridine rings is 2. The number of rotatable bonds is 4. The molecule has 5 nitrogen and oxygen atoms in total. The van der Waals surface area contributed by atoms with E-state index in [9.17, 15) is 4.79 Å². The van der Waals surface area contributed by atoms with Crippen LogP contribution in [0, 0.1) is 12.3 Å². The van der Waals surface area contributed by atoms with Crippen LogP contribution in [0.25, 0.3) is 0 Å². The maximum Gasteiger partial charge on any atom is 0.222 e. The van der Waals surface area contributed by atoms with Crippen LogP contribution >= 0.6 is 0 Å². The van der Waals surface area contributed by atoms with Crippen LogP contribution in [0.3, 0.4) is 0 Å². The van der Waals surface area contributed by atoms with E-state index in [1.165, 1.54) is 11.3 Å². The quantitative estimate of drug-likeness (QED) is 0.836. The van der Waals surface area contributed by atoms with Gasteiger partial charge in [0.25, 0.3) is 0 Å². The molecule has 0 bridgehead atoms.